The van der Waals surface area contributed by atoms with E-state index < -0.39 is 0 Å². The summed E-state index contributed by atoms with van der Waals surface area (Å²) in [5, 5.41) is 16.4. The van der Waals surface area contributed by atoms with E-state index in [0.717, 1.165) is 0 Å². The molecule has 100 valence electrons. The molecule has 0 aliphatic rings. The standard InChI is InChI=1S/2C6H7O2.Fe/c2*7-5-8-6-3-1-2-4-6;/h2*1-4,7H,5H2;/q-5;-1;. The number of aliphatic hydroxyl groups excluding tert-OH is 2. The Kier molecular flexibility index (Phi) is 9.19. The Labute approximate surface area is 111 Å². The first-order chi connectivity index (χ1) is 7.86. The van der Waals surface area contributed by atoms with Crippen molar-refractivity contribution in [3.05, 3.63) is 48.5 Å². The Balaban J connectivity index is 0.000000284. The van der Waals surface area contributed by atoms with Gasteiger partial charge in [-0.3, -0.25) is 0 Å². The molecule has 5 heteroatoms. The molecule has 0 fully saturated rings. The number of hydrogen-bond donors (Lipinski definition) is 2. The molecular formula is C12H14FeO4-6. The quantitative estimate of drug-likeness (QED) is 0.505. The third-order valence-corrected chi connectivity index (χ3v) is 1.73. The summed E-state index contributed by atoms with van der Waals surface area (Å²) < 4.78 is 9.40. The summed E-state index contributed by atoms with van der Waals surface area (Å²) in [4.78, 5) is 0. The largest absolute Gasteiger partial charge is 0.745 e. The fourth-order valence-electron chi connectivity index (χ4n) is 1.05. The Morgan fingerprint density at radius 3 is 1.94 bits per heavy atom. The van der Waals surface area contributed by atoms with E-state index in [1.165, 1.54) is 0 Å². The van der Waals surface area contributed by atoms with Crippen LogP contribution in [0.2, 0.25) is 0 Å². The van der Waals surface area contributed by atoms with E-state index in [2.05, 4.69) is 0 Å². The van der Waals surface area contributed by atoms with Gasteiger partial charge < -0.3 is 49.7 Å². The first-order valence-electron chi connectivity index (χ1n) is 4.77. The molecule has 2 rings (SSSR count). The second kappa shape index (κ2) is 9.93. The summed E-state index contributed by atoms with van der Waals surface area (Å²) in [6.07, 6.45) is 0. The van der Waals surface area contributed by atoms with Gasteiger partial charge >= 0.3 is 0 Å². The predicted molar refractivity (Wildman–Crippen MR) is 59.5 cm³/mol. The fraction of sp³-hybridized carbons (Fsp3) is 0.167. The normalized spacial score (nSPS) is 8.59. The molecule has 2 aromatic carbocycles. The molecule has 0 heterocycles. The van der Waals surface area contributed by atoms with Crippen LogP contribution in [0.15, 0.2) is 48.5 Å². The average Bonchev–Trinajstić information content (AvgIpc) is 2.92. The van der Waals surface area contributed by atoms with Crippen molar-refractivity contribution in [3.63, 3.8) is 0 Å². The van der Waals surface area contributed by atoms with Crippen LogP contribution < -0.4 is 9.47 Å². The van der Waals surface area contributed by atoms with E-state index in [-0.39, 0.29) is 30.7 Å². The molecule has 0 radical (unpaired) electrons. The third-order valence-electron chi connectivity index (χ3n) is 1.73. The van der Waals surface area contributed by atoms with Crippen molar-refractivity contribution in [2.75, 3.05) is 13.6 Å². The second-order valence-electron chi connectivity index (χ2n) is 2.79. The SMILES string of the molecule is OCO[c-]1[cH-][cH-][cH-][cH-]1.OCO[c-]1cccc1.[Fe]. The molecule has 0 bridgehead atoms. The molecule has 0 saturated heterocycles. The van der Waals surface area contributed by atoms with Gasteiger partial charge in [0.05, 0.1) is 0 Å². The zero-order valence-electron chi connectivity index (χ0n) is 9.10. The Morgan fingerprint density at radius 2 is 1.47 bits per heavy atom. The first-order valence-corrected chi connectivity index (χ1v) is 4.77. The molecule has 0 spiro atoms. The van der Waals surface area contributed by atoms with Crippen LogP contribution in [-0.4, -0.2) is 23.8 Å². The molecule has 0 saturated carbocycles. The maximum atomic E-state index is 8.22. The maximum absolute atomic E-state index is 8.22. The summed E-state index contributed by atoms with van der Waals surface area (Å²) in [5.74, 6) is 1.43. The van der Waals surface area contributed by atoms with Gasteiger partial charge in [0.15, 0.2) is 6.79 Å². The van der Waals surface area contributed by atoms with Gasteiger partial charge in [0.2, 0.25) is 0 Å². The van der Waals surface area contributed by atoms with E-state index in [4.69, 9.17) is 19.7 Å². The second-order valence-corrected chi connectivity index (χ2v) is 2.79. The summed E-state index contributed by atoms with van der Waals surface area (Å²) in [6, 6.07) is 14.6. The van der Waals surface area contributed by atoms with Crippen molar-refractivity contribution in [1.29, 1.82) is 0 Å². The summed E-state index contributed by atoms with van der Waals surface area (Å²) in [5.41, 5.74) is 0. The number of aliphatic hydroxyl groups is 2. The molecule has 0 atom stereocenters. The smallest absolute Gasteiger partial charge is 0.172 e. The summed E-state index contributed by atoms with van der Waals surface area (Å²) >= 11 is 0. The van der Waals surface area contributed by atoms with Gasteiger partial charge in [-0.25, -0.2) is 12.1 Å². The van der Waals surface area contributed by atoms with Crippen LogP contribution in [0.5, 0.6) is 11.5 Å². The molecule has 0 amide bonds. The summed E-state index contributed by atoms with van der Waals surface area (Å²) in [6.45, 7) is -0.492. The zero-order chi connectivity index (χ0) is 11.6. The van der Waals surface area contributed by atoms with Crippen molar-refractivity contribution in [2.24, 2.45) is 0 Å². The van der Waals surface area contributed by atoms with Crippen molar-refractivity contribution in [3.8, 4) is 11.5 Å². The molecule has 0 aromatic heterocycles. The average molecular weight is 278 g/mol. The maximum Gasteiger partial charge on any atom is 0.172 e. The first kappa shape index (κ1) is 15.7. The third kappa shape index (κ3) is 6.81. The Bertz CT molecular complexity index is 306. The van der Waals surface area contributed by atoms with Crippen LogP contribution in [0, 0.1) is 0 Å². The van der Waals surface area contributed by atoms with Crippen molar-refractivity contribution < 1.29 is 36.8 Å². The predicted octanol–water partition coefficient (Wildman–Crippen LogP) is 1.47. The molecule has 0 unspecified atom stereocenters. The Morgan fingerprint density at radius 1 is 0.941 bits per heavy atom. The van der Waals surface area contributed by atoms with E-state index in [1.807, 2.05) is 24.3 Å². The summed E-state index contributed by atoms with van der Waals surface area (Å²) in [7, 11) is 0. The van der Waals surface area contributed by atoms with Crippen LogP contribution in [0.4, 0.5) is 0 Å². The van der Waals surface area contributed by atoms with Crippen molar-refractivity contribution in [1.82, 2.24) is 0 Å². The minimum atomic E-state index is -0.246. The molecule has 0 aliphatic heterocycles. The van der Waals surface area contributed by atoms with E-state index in [0.29, 0.717) is 11.5 Å². The fourth-order valence-corrected chi connectivity index (χ4v) is 1.05. The monoisotopic (exact) mass is 278 g/mol. The van der Waals surface area contributed by atoms with Crippen LogP contribution in [0.3, 0.4) is 0 Å². The van der Waals surface area contributed by atoms with Crippen molar-refractivity contribution >= 4 is 0 Å². The van der Waals surface area contributed by atoms with E-state index in [9.17, 15) is 0 Å². The molecule has 17 heavy (non-hydrogen) atoms. The molecule has 0 aliphatic carbocycles. The Hall–Kier alpha value is -1.26. The van der Waals surface area contributed by atoms with Crippen LogP contribution in [0.25, 0.3) is 0 Å². The zero-order valence-corrected chi connectivity index (χ0v) is 10.2. The van der Waals surface area contributed by atoms with E-state index in [1.54, 1.807) is 24.3 Å². The van der Waals surface area contributed by atoms with Gasteiger partial charge in [-0.2, -0.15) is 0 Å². The number of rotatable bonds is 4. The molecule has 4 nitrogen and oxygen atoms in total. The van der Waals surface area contributed by atoms with Gasteiger partial charge in [0.25, 0.3) is 0 Å². The van der Waals surface area contributed by atoms with Gasteiger partial charge in [0.1, 0.15) is 6.79 Å². The van der Waals surface area contributed by atoms with Crippen LogP contribution in [-0.2, 0) is 17.1 Å². The van der Waals surface area contributed by atoms with Crippen molar-refractivity contribution in [2.45, 2.75) is 0 Å². The van der Waals surface area contributed by atoms with Gasteiger partial charge in [0, 0.05) is 22.8 Å². The van der Waals surface area contributed by atoms with Gasteiger partial charge in [-0.05, 0) is 0 Å². The van der Waals surface area contributed by atoms with E-state index >= 15 is 0 Å². The molecule has 2 aromatic rings. The molecular weight excluding hydrogens is 264 g/mol. The minimum absolute atomic E-state index is 0. The number of hydrogen-bond acceptors (Lipinski definition) is 4. The molecule has 2 N–H and O–H groups in total. The van der Waals surface area contributed by atoms with Gasteiger partial charge in [-0.15, -0.1) is 12.1 Å². The number of ether oxygens (including phenoxy) is 2. The topological polar surface area (TPSA) is 58.9 Å². The van der Waals surface area contributed by atoms with Gasteiger partial charge in [-0.1, -0.05) is 0 Å². The van der Waals surface area contributed by atoms with Crippen LogP contribution in [0.1, 0.15) is 0 Å². The van der Waals surface area contributed by atoms with Crippen LogP contribution >= 0.6 is 0 Å². The minimum Gasteiger partial charge on any atom is -0.745 e.